The number of benzene rings is 1. The van der Waals surface area contributed by atoms with Crippen LogP contribution >= 0.6 is 11.3 Å². The third-order valence-corrected chi connectivity index (χ3v) is 4.62. The predicted octanol–water partition coefficient (Wildman–Crippen LogP) is 3.14. The molecule has 23 heavy (non-hydrogen) atoms. The smallest absolute Gasteiger partial charge is 0.270 e. The number of carbonyl (C=O) groups excluding carboxylic acids is 1. The number of para-hydroxylation sites is 1. The zero-order chi connectivity index (χ0) is 15.6. The number of thiazole rings is 1. The summed E-state index contributed by atoms with van der Waals surface area (Å²) in [5, 5.41) is 10.4. The SMILES string of the molecule is O=C(NCc1nccs1)c1cc(C2CC2)nn1-c1ccccc1. The number of hydrogen-bond donors (Lipinski definition) is 1. The molecule has 1 amide bonds. The lowest BCUT2D eigenvalue weighted by Gasteiger charge is -2.07. The van der Waals surface area contributed by atoms with Crippen LogP contribution < -0.4 is 5.32 Å². The molecule has 3 aromatic rings. The second-order valence-corrected chi connectivity index (χ2v) is 6.56. The molecule has 2 heterocycles. The number of nitrogens with one attached hydrogen (secondary N) is 1. The summed E-state index contributed by atoms with van der Waals surface area (Å²) < 4.78 is 1.74. The van der Waals surface area contributed by atoms with Crippen molar-refractivity contribution in [2.75, 3.05) is 0 Å². The predicted molar refractivity (Wildman–Crippen MR) is 88.8 cm³/mol. The Morgan fingerprint density at radius 1 is 1.30 bits per heavy atom. The van der Waals surface area contributed by atoms with Crippen molar-refractivity contribution in [3.8, 4) is 5.69 Å². The number of nitrogens with zero attached hydrogens (tertiary/aromatic N) is 3. The van der Waals surface area contributed by atoms with Gasteiger partial charge in [0, 0.05) is 17.5 Å². The third kappa shape index (κ3) is 3.03. The Morgan fingerprint density at radius 3 is 2.83 bits per heavy atom. The molecule has 1 aliphatic carbocycles. The molecule has 1 aromatic carbocycles. The van der Waals surface area contributed by atoms with Gasteiger partial charge in [0.05, 0.1) is 17.9 Å². The Bertz CT molecular complexity index is 807. The lowest BCUT2D eigenvalue weighted by molar-refractivity contribution is 0.0943. The summed E-state index contributed by atoms with van der Waals surface area (Å²) in [5.41, 5.74) is 2.49. The summed E-state index contributed by atoms with van der Waals surface area (Å²) in [4.78, 5) is 16.8. The first kappa shape index (κ1) is 14.1. The molecule has 1 saturated carbocycles. The van der Waals surface area contributed by atoms with Crippen LogP contribution in [0.1, 0.15) is 39.9 Å². The molecule has 5 nitrogen and oxygen atoms in total. The molecule has 6 heteroatoms. The maximum absolute atomic E-state index is 12.6. The van der Waals surface area contributed by atoms with Gasteiger partial charge in [-0.25, -0.2) is 9.67 Å². The van der Waals surface area contributed by atoms with Gasteiger partial charge in [-0.2, -0.15) is 5.10 Å². The lowest BCUT2D eigenvalue weighted by atomic mass is 10.2. The molecule has 1 aliphatic rings. The zero-order valence-corrected chi connectivity index (χ0v) is 13.3. The van der Waals surface area contributed by atoms with E-state index in [0.717, 1.165) is 29.2 Å². The van der Waals surface area contributed by atoms with Crippen LogP contribution in [0.2, 0.25) is 0 Å². The fourth-order valence-corrected chi connectivity index (χ4v) is 3.05. The van der Waals surface area contributed by atoms with Crippen molar-refractivity contribution >= 4 is 17.2 Å². The Kier molecular flexibility index (Phi) is 3.67. The minimum atomic E-state index is -0.122. The molecule has 0 unspecified atom stereocenters. The average Bonchev–Trinajstić information content (AvgIpc) is 3.13. The molecule has 2 aromatic heterocycles. The highest BCUT2D eigenvalue weighted by Gasteiger charge is 2.29. The van der Waals surface area contributed by atoms with Gasteiger partial charge in [0.15, 0.2) is 0 Å². The normalized spacial score (nSPS) is 13.9. The van der Waals surface area contributed by atoms with Gasteiger partial charge in [-0.3, -0.25) is 4.79 Å². The Labute approximate surface area is 138 Å². The van der Waals surface area contributed by atoms with Crippen molar-refractivity contribution in [3.05, 3.63) is 64.4 Å². The quantitative estimate of drug-likeness (QED) is 0.784. The molecule has 1 fully saturated rings. The van der Waals surface area contributed by atoms with Crippen LogP contribution in [0.3, 0.4) is 0 Å². The van der Waals surface area contributed by atoms with Gasteiger partial charge < -0.3 is 5.32 Å². The minimum absolute atomic E-state index is 0.122. The van der Waals surface area contributed by atoms with Crippen molar-refractivity contribution in [1.29, 1.82) is 0 Å². The van der Waals surface area contributed by atoms with E-state index < -0.39 is 0 Å². The number of carbonyl (C=O) groups is 1. The zero-order valence-electron chi connectivity index (χ0n) is 12.5. The molecular formula is C17H16N4OS. The molecule has 0 aliphatic heterocycles. The van der Waals surface area contributed by atoms with Gasteiger partial charge >= 0.3 is 0 Å². The molecule has 0 atom stereocenters. The summed E-state index contributed by atoms with van der Waals surface area (Å²) in [7, 11) is 0. The molecule has 0 spiro atoms. The highest BCUT2D eigenvalue weighted by Crippen LogP contribution is 2.39. The van der Waals surface area contributed by atoms with Crippen LogP contribution in [-0.4, -0.2) is 20.7 Å². The largest absolute Gasteiger partial charge is 0.344 e. The van der Waals surface area contributed by atoms with E-state index in [-0.39, 0.29) is 5.91 Å². The summed E-state index contributed by atoms with van der Waals surface area (Å²) >= 11 is 1.53. The summed E-state index contributed by atoms with van der Waals surface area (Å²) in [6.07, 6.45) is 4.06. The van der Waals surface area contributed by atoms with Gasteiger partial charge in [-0.15, -0.1) is 11.3 Å². The monoisotopic (exact) mass is 324 g/mol. The molecule has 0 radical (unpaired) electrons. The first-order valence-electron chi connectivity index (χ1n) is 7.63. The Balaban J connectivity index is 1.62. The number of aromatic nitrogens is 3. The van der Waals surface area contributed by atoms with Crippen LogP contribution in [-0.2, 0) is 6.54 Å². The second kappa shape index (κ2) is 5.96. The summed E-state index contributed by atoms with van der Waals surface area (Å²) in [6.45, 7) is 0.440. The van der Waals surface area contributed by atoms with Crippen LogP contribution in [0.4, 0.5) is 0 Å². The van der Waals surface area contributed by atoms with Crippen LogP contribution in [0.25, 0.3) is 5.69 Å². The number of amides is 1. The first-order valence-corrected chi connectivity index (χ1v) is 8.51. The van der Waals surface area contributed by atoms with E-state index in [1.165, 1.54) is 11.3 Å². The standard InChI is InChI=1S/C17H16N4OS/c22-17(19-11-16-18-8-9-23-16)15-10-14(12-6-7-12)20-21(15)13-4-2-1-3-5-13/h1-5,8-10,12H,6-7,11H2,(H,19,22). The molecule has 4 rings (SSSR count). The van der Waals surface area contributed by atoms with E-state index in [2.05, 4.69) is 15.4 Å². The average molecular weight is 324 g/mol. The molecular weight excluding hydrogens is 308 g/mol. The highest BCUT2D eigenvalue weighted by atomic mass is 32.1. The highest BCUT2D eigenvalue weighted by molar-refractivity contribution is 7.09. The van der Waals surface area contributed by atoms with Crippen molar-refractivity contribution in [2.24, 2.45) is 0 Å². The Morgan fingerprint density at radius 2 is 2.13 bits per heavy atom. The number of hydrogen-bond acceptors (Lipinski definition) is 4. The minimum Gasteiger partial charge on any atom is -0.344 e. The van der Waals surface area contributed by atoms with Crippen molar-refractivity contribution in [2.45, 2.75) is 25.3 Å². The summed E-state index contributed by atoms with van der Waals surface area (Å²) in [5.74, 6) is 0.383. The van der Waals surface area contributed by atoms with Crippen LogP contribution in [0, 0.1) is 0 Å². The summed E-state index contributed by atoms with van der Waals surface area (Å²) in [6, 6.07) is 11.7. The first-order chi connectivity index (χ1) is 11.3. The fraction of sp³-hybridized carbons (Fsp3) is 0.235. The van der Waals surface area contributed by atoms with Crippen LogP contribution in [0.5, 0.6) is 0 Å². The maximum atomic E-state index is 12.6. The van der Waals surface area contributed by atoms with Crippen molar-refractivity contribution in [3.63, 3.8) is 0 Å². The van der Waals surface area contributed by atoms with Crippen molar-refractivity contribution < 1.29 is 4.79 Å². The van der Waals surface area contributed by atoms with Gasteiger partial charge in [0.25, 0.3) is 5.91 Å². The number of rotatable bonds is 5. The molecule has 116 valence electrons. The molecule has 1 N–H and O–H groups in total. The van der Waals surface area contributed by atoms with E-state index in [1.54, 1.807) is 10.9 Å². The third-order valence-electron chi connectivity index (χ3n) is 3.84. The fourth-order valence-electron chi connectivity index (χ4n) is 2.49. The van der Waals surface area contributed by atoms with E-state index in [9.17, 15) is 4.79 Å². The van der Waals surface area contributed by atoms with Crippen molar-refractivity contribution in [1.82, 2.24) is 20.1 Å². The topological polar surface area (TPSA) is 59.8 Å². The molecule has 0 saturated heterocycles. The maximum Gasteiger partial charge on any atom is 0.270 e. The van der Waals surface area contributed by atoms with E-state index >= 15 is 0 Å². The van der Waals surface area contributed by atoms with E-state index in [0.29, 0.717) is 18.2 Å². The van der Waals surface area contributed by atoms with Gasteiger partial charge in [-0.1, -0.05) is 18.2 Å². The lowest BCUT2D eigenvalue weighted by Crippen LogP contribution is -2.25. The Hall–Kier alpha value is -2.47. The van der Waals surface area contributed by atoms with E-state index in [1.807, 2.05) is 41.8 Å². The van der Waals surface area contributed by atoms with Gasteiger partial charge in [0.1, 0.15) is 10.7 Å². The molecule has 0 bridgehead atoms. The van der Waals surface area contributed by atoms with Gasteiger partial charge in [-0.05, 0) is 31.0 Å². The second-order valence-electron chi connectivity index (χ2n) is 5.58. The van der Waals surface area contributed by atoms with E-state index in [4.69, 9.17) is 0 Å². The van der Waals surface area contributed by atoms with Crippen LogP contribution in [0.15, 0.2) is 48.0 Å². The van der Waals surface area contributed by atoms with Gasteiger partial charge in [0.2, 0.25) is 0 Å².